The lowest BCUT2D eigenvalue weighted by atomic mass is 9.93. The average Bonchev–Trinajstić information content (AvgIpc) is 2.30. The minimum absolute atomic E-state index is 0.328. The molecule has 94 valence electrons. The number of benzene rings is 1. The Morgan fingerprint density at radius 1 is 1.35 bits per heavy atom. The Morgan fingerprint density at radius 2 is 2.18 bits per heavy atom. The zero-order valence-corrected chi connectivity index (χ0v) is 10.9. The highest BCUT2D eigenvalue weighted by Crippen LogP contribution is 2.25. The fourth-order valence-corrected chi connectivity index (χ4v) is 2.72. The van der Waals surface area contributed by atoms with Crippen LogP contribution in [0.2, 0.25) is 0 Å². The Kier molecular flexibility index (Phi) is 4.19. The van der Waals surface area contributed by atoms with Crippen LogP contribution < -0.4 is 5.32 Å². The first-order valence-electron chi connectivity index (χ1n) is 6.65. The molecule has 0 saturated carbocycles. The van der Waals surface area contributed by atoms with Crippen LogP contribution in [0.3, 0.4) is 0 Å². The monoisotopic (exact) mass is 233 g/mol. The molecule has 2 nitrogen and oxygen atoms in total. The van der Waals surface area contributed by atoms with Crippen LogP contribution in [-0.2, 0) is 0 Å². The van der Waals surface area contributed by atoms with E-state index in [1.807, 2.05) is 0 Å². The molecule has 1 aliphatic heterocycles. The Morgan fingerprint density at radius 3 is 2.82 bits per heavy atom. The van der Waals surface area contributed by atoms with Gasteiger partial charge in [-0.1, -0.05) is 30.2 Å². The maximum atomic E-state index is 10.3. The number of hydrogen-bond acceptors (Lipinski definition) is 2. The molecule has 2 rings (SSSR count). The van der Waals surface area contributed by atoms with Crippen LogP contribution in [0.15, 0.2) is 18.2 Å². The molecule has 0 amide bonds. The third-order valence-corrected chi connectivity index (χ3v) is 3.70. The average molecular weight is 233 g/mol. The van der Waals surface area contributed by atoms with E-state index in [1.165, 1.54) is 30.4 Å². The summed E-state index contributed by atoms with van der Waals surface area (Å²) in [6.45, 7) is 5.27. The summed E-state index contributed by atoms with van der Waals surface area (Å²) in [5.41, 5.74) is 3.55. The second-order valence-corrected chi connectivity index (χ2v) is 5.26. The second-order valence-electron chi connectivity index (χ2n) is 5.26. The van der Waals surface area contributed by atoms with Crippen molar-refractivity contribution in [1.29, 1.82) is 0 Å². The molecule has 1 heterocycles. The SMILES string of the molecule is Cc1ccc(C(O)CC2CCCCN2)c(C)c1. The van der Waals surface area contributed by atoms with E-state index < -0.39 is 0 Å². The second kappa shape index (κ2) is 5.65. The van der Waals surface area contributed by atoms with Crippen molar-refractivity contribution in [2.75, 3.05) is 6.54 Å². The van der Waals surface area contributed by atoms with Crippen LogP contribution in [-0.4, -0.2) is 17.7 Å². The lowest BCUT2D eigenvalue weighted by molar-refractivity contribution is 0.144. The molecule has 1 saturated heterocycles. The maximum Gasteiger partial charge on any atom is 0.0807 e. The van der Waals surface area contributed by atoms with Gasteiger partial charge in [-0.3, -0.25) is 0 Å². The number of aliphatic hydroxyl groups excluding tert-OH is 1. The van der Waals surface area contributed by atoms with E-state index in [2.05, 4.69) is 37.4 Å². The molecule has 0 bridgehead atoms. The Labute approximate surface area is 104 Å². The van der Waals surface area contributed by atoms with Gasteiger partial charge < -0.3 is 10.4 Å². The number of piperidine rings is 1. The van der Waals surface area contributed by atoms with Gasteiger partial charge in [-0.2, -0.15) is 0 Å². The molecule has 0 spiro atoms. The van der Waals surface area contributed by atoms with Gasteiger partial charge in [0.25, 0.3) is 0 Å². The molecule has 0 radical (unpaired) electrons. The summed E-state index contributed by atoms with van der Waals surface area (Å²) < 4.78 is 0. The van der Waals surface area contributed by atoms with Crippen molar-refractivity contribution >= 4 is 0 Å². The molecule has 0 aliphatic carbocycles. The summed E-state index contributed by atoms with van der Waals surface area (Å²) in [4.78, 5) is 0. The molecular weight excluding hydrogens is 210 g/mol. The lowest BCUT2D eigenvalue weighted by Crippen LogP contribution is -2.35. The van der Waals surface area contributed by atoms with Crippen molar-refractivity contribution in [3.63, 3.8) is 0 Å². The van der Waals surface area contributed by atoms with Crippen molar-refractivity contribution in [3.05, 3.63) is 34.9 Å². The van der Waals surface area contributed by atoms with Crippen LogP contribution in [0.1, 0.15) is 48.5 Å². The van der Waals surface area contributed by atoms with Gasteiger partial charge in [0.1, 0.15) is 0 Å². The van der Waals surface area contributed by atoms with Gasteiger partial charge >= 0.3 is 0 Å². The van der Waals surface area contributed by atoms with E-state index >= 15 is 0 Å². The summed E-state index contributed by atoms with van der Waals surface area (Å²) in [5, 5.41) is 13.8. The van der Waals surface area contributed by atoms with Gasteiger partial charge in [0.2, 0.25) is 0 Å². The van der Waals surface area contributed by atoms with E-state index in [9.17, 15) is 5.11 Å². The summed E-state index contributed by atoms with van der Waals surface area (Å²) >= 11 is 0. The number of rotatable bonds is 3. The third-order valence-electron chi connectivity index (χ3n) is 3.70. The molecule has 2 atom stereocenters. The van der Waals surface area contributed by atoms with Crippen molar-refractivity contribution in [3.8, 4) is 0 Å². The minimum atomic E-state index is -0.328. The van der Waals surface area contributed by atoms with E-state index in [0.717, 1.165) is 18.5 Å². The van der Waals surface area contributed by atoms with Crippen LogP contribution in [0.25, 0.3) is 0 Å². The van der Waals surface area contributed by atoms with Crippen molar-refractivity contribution < 1.29 is 5.11 Å². The highest BCUT2D eigenvalue weighted by atomic mass is 16.3. The number of aryl methyl sites for hydroxylation is 2. The van der Waals surface area contributed by atoms with Crippen LogP contribution in [0, 0.1) is 13.8 Å². The van der Waals surface area contributed by atoms with Gasteiger partial charge in [-0.15, -0.1) is 0 Å². The topological polar surface area (TPSA) is 32.3 Å². The molecule has 1 aromatic carbocycles. The molecular formula is C15H23NO. The summed E-state index contributed by atoms with van der Waals surface area (Å²) in [7, 11) is 0. The molecule has 2 heteroatoms. The Bertz CT molecular complexity index is 369. The predicted molar refractivity (Wildman–Crippen MR) is 71.1 cm³/mol. The Hall–Kier alpha value is -0.860. The van der Waals surface area contributed by atoms with Gasteiger partial charge in [0.15, 0.2) is 0 Å². The maximum absolute atomic E-state index is 10.3. The molecule has 2 N–H and O–H groups in total. The van der Waals surface area contributed by atoms with E-state index in [4.69, 9.17) is 0 Å². The minimum Gasteiger partial charge on any atom is -0.388 e. The first kappa shape index (κ1) is 12.6. The van der Waals surface area contributed by atoms with Crippen molar-refractivity contribution in [1.82, 2.24) is 5.32 Å². The summed E-state index contributed by atoms with van der Waals surface area (Å²) in [6.07, 6.45) is 4.27. The summed E-state index contributed by atoms with van der Waals surface area (Å²) in [5.74, 6) is 0. The lowest BCUT2D eigenvalue weighted by Gasteiger charge is -2.26. The first-order chi connectivity index (χ1) is 8.16. The quantitative estimate of drug-likeness (QED) is 0.841. The standard InChI is InChI=1S/C15H23NO/c1-11-6-7-14(12(2)9-11)15(17)10-13-5-3-4-8-16-13/h6-7,9,13,15-17H,3-5,8,10H2,1-2H3. The van der Waals surface area contributed by atoms with E-state index in [1.54, 1.807) is 0 Å². The van der Waals surface area contributed by atoms with Crippen LogP contribution >= 0.6 is 0 Å². The molecule has 1 aliphatic rings. The smallest absolute Gasteiger partial charge is 0.0807 e. The highest BCUT2D eigenvalue weighted by Gasteiger charge is 2.18. The fourth-order valence-electron chi connectivity index (χ4n) is 2.72. The van der Waals surface area contributed by atoms with Gasteiger partial charge in [-0.25, -0.2) is 0 Å². The number of aliphatic hydroxyl groups is 1. The molecule has 0 aromatic heterocycles. The Balaban J connectivity index is 2.00. The van der Waals surface area contributed by atoms with Gasteiger partial charge in [0.05, 0.1) is 6.10 Å². The highest BCUT2D eigenvalue weighted by molar-refractivity contribution is 5.32. The molecule has 17 heavy (non-hydrogen) atoms. The molecule has 2 unspecified atom stereocenters. The number of nitrogens with one attached hydrogen (secondary N) is 1. The van der Waals surface area contributed by atoms with Gasteiger partial charge in [0, 0.05) is 6.04 Å². The van der Waals surface area contributed by atoms with Crippen LogP contribution in [0.4, 0.5) is 0 Å². The number of hydrogen-bond donors (Lipinski definition) is 2. The van der Waals surface area contributed by atoms with Crippen molar-refractivity contribution in [2.24, 2.45) is 0 Å². The van der Waals surface area contributed by atoms with Gasteiger partial charge in [-0.05, 0) is 50.8 Å². The normalized spacial score (nSPS) is 22.4. The molecule has 1 aromatic rings. The zero-order chi connectivity index (χ0) is 12.3. The zero-order valence-electron chi connectivity index (χ0n) is 10.9. The first-order valence-corrected chi connectivity index (χ1v) is 6.65. The van der Waals surface area contributed by atoms with Crippen molar-refractivity contribution in [2.45, 2.75) is 51.7 Å². The van der Waals surface area contributed by atoms with Crippen LogP contribution in [0.5, 0.6) is 0 Å². The predicted octanol–water partition coefficient (Wildman–Crippen LogP) is 2.87. The third kappa shape index (κ3) is 3.30. The summed E-state index contributed by atoms with van der Waals surface area (Å²) in [6, 6.07) is 6.78. The van der Waals surface area contributed by atoms with E-state index in [0.29, 0.717) is 6.04 Å². The largest absolute Gasteiger partial charge is 0.388 e. The molecule has 1 fully saturated rings. The fraction of sp³-hybridized carbons (Fsp3) is 0.600. The van der Waals surface area contributed by atoms with E-state index in [-0.39, 0.29) is 6.10 Å².